The molecule has 2 nitrogen and oxygen atoms in total. The number of hydrogen-bond acceptors (Lipinski definition) is 2. The first-order valence-electron chi connectivity index (χ1n) is 3.88. The van der Waals surface area contributed by atoms with Crippen LogP contribution in [0.1, 0.15) is 0 Å². The number of Topliss-reactive ketones (excluding diaryl/α,β-unsaturated/α-hetero) is 1. The van der Waals surface area contributed by atoms with Gasteiger partial charge in [-0.15, -0.1) is 0 Å². The topological polar surface area (TPSA) is 26.3 Å². The predicted octanol–water partition coefficient (Wildman–Crippen LogP) is 2.85. The highest BCUT2D eigenvalue weighted by Gasteiger charge is 2.38. The van der Waals surface area contributed by atoms with Gasteiger partial charge in [0.05, 0.1) is 0 Å². The zero-order valence-electron chi connectivity index (χ0n) is 7.34. The summed E-state index contributed by atoms with van der Waals surface area (Å²) in [6, 6.07) is 5.67. The van der Waals surface area contributed by atoms with E-state index in [-0.39, 0.29) is 5.75 Å². The summed E-state index contributed by atoms with van der Waals surface area (Å²) in [7, 11) is 0. The molecule has 0 spiro atoms. The molecule has 82 valence electrons. The Bertz CT molecular complexity index is 345. The second-order valence-electron chi connectivity index (χ2n) is 2.66. The van der Waals surface area contributed by atoms with Gasteiger partial charge in [-0.3, -0.25) is 4.79 Å². The van der Waals surface area contributed by atoms with Crippen LogP contribution in [0, 0.1) is 0 Å². The third-order valence-electron chi connectivity index (χ3n) is 1.50. The second-order valence-corrected chi connectivity index (χ2v) is 3.10. The average Bonchev–Trinajstić information content (AvgIpc) is 2.15. The lowest BCUT2D eigenvalue weighted by Gasteiger charge is -2.07. The van der Waals surface area contributed by atoms with E-state index in [1.165, 1.54) is 24.3 Å². The van der Waals surface area contributed by atoms with Crippen molar-refractivity contribution in [1.82, 2.24) is 0 Å². The number of halogens is 4. The van der Waals surface area contributed by atoms with Crippen LogP contribution < -0.4 is 4.74 Å². The Morgan fingerprint density at radius 3 is 2.27 bits per heavy atom. The first-order chi connectivity index (χ1) is 6.89. The van der Waals surface area contributed by atoms with Gasteiger partial charge in [0, 0.05) is 5.02 Å². The Morgan fingerprint density at radius 1 is 1.27 bits per heavy atom. The fourth-order valence-electron chi connectivity index (χ4n) is 0.762. The summed E-state index contributed by atoms with van der Waals surface area (Å²) >= 11 is 5.54. The lowest BCUT2D eigenvalue weighted by Crippen LogP contribution is -2.28. The van der Waals surface area contributed by atoms with Crippen molar-refractivity contribution >= 4 is 17.4 Å². The van der Waals surface area contributed by atoms with Gasteiger partial charge in [-0.05, 0) is 24.3 Å². The normalized spacial score (nSPS) is 11.2. The van der Waals surface area contributed by atoms with Gasteiger partial charge in [0.15, 0.2) is 6.61 Å². The summed E-state index contributed by atoms with van der Waals surface area (Å²) in [5.41, 5.74) is 0. The van der Waals surface area contributed by atoms with Gasteiger partial charge in [-0.2, -0.15) is 13.2 Å². The van der Waals surface area contributed by atoms with Crippen molar-refractivity contribution in [3.8, 4) is 5.75 Å². The zero-order valence-corrected chi connectivity index (χ0v) is 8.10. The first-order valence-corrected chi connectivity index (χ1v) is 4.26. The quantitative estimate of drug-likeness (QED) is 0.809. The van der Waals surface area contributed by atoms with Crippen LogP contribution in [0.3, 0.4) is 0 Å². The summed E-state index contributed by atoms with van der Waals surface area (Å²) in [5.74, 6) is -1.76. The number of alkyl halides is 3. The first kappa shape index (κ1) is 11.8. The average molecular weight is 239 g/mol. The van der Waals surface area contributed by atoms with E-state index in [1.807, 2.05) is 0 Å². The van der Waals surface area contributed by atoms with Gasteiger partial charge >= 0.3 is 6.18 Å². The molecule has 0 aliphatic rings. The molecule has 0 aliphatic carbocycles. The Labute approximate surface area is 88.6 Å². The van der Waals surface area contributed by atoms with Crippen LogP contribution in [0.25, 0.3) is 0 Å². The molecule has 1 aromatic rings. The summed E-state index contributed by atoms with van der Waals surface area (Å²) < 4.78 is 39.9. The van der Waals surface area contributed by atoms with Gasteiger partial charge in [0.1, 0.15) is 5.75 Å². The summed E-state index contributed by atoms with van der Waals surface area (Å²) in [6.45, 7) is -1.02. The Kier molecular flexibility index (Phi) is 3.57. The van der Waals surface area contributed by atoms with E-state index < -0.39 is 18.6 Å². The molecule has 15 heavy (non-hydrogen) atoms. The van der Waals surface area contributed by atoms with Crippen LogP contribution in [0.15, 0.2) is 24.3 Å². The van der Waals surface area contributed by atoms with Crippen molar-refractivity contribution in [1.29, 1.82) is 0 Å². The summed E-state index contributed by atoms with van der Waals surface area (Å²) in [5, 5.41) is 0.435. The lowest BCUT2D eigenvalue weighted by molar-refractivity contribution is -0.173. The number of ether oxygens (including phenoxy) is 1. The van der Waals surface area contributed by atoms with E-state index in [1.54, 1.807) is 0 Å². The molecule has 1 rings (SSSR count). The van der Waals surface area contributed by atoms with Crippen molar-refractivity contribution in [2.75, 3.05) is 6.61 Å². The number of hydrogen-bond donors (Lipinski definition) is 0. The number of ketones is 1. The van der Waals surface area contributed by atoms with E-state index in [0.717, 1.165) is 0 Å². The Morgan fingerprint density at radius 2 is 1.80 bits per heavy atom. The van der Waals surface area contributed by atoms with Crippen molar-refractivity contribution in [3.05, 3.63) is 29.3 Å². The monoisotopic (exact) mass is 238 g/mol. The van der Waals surface area contributed by atoms with Gasteiger partial charge in [-0.1, -0.05) is 11.6 Å². The minimum atomic E-state index is -4.85. The minimum Gasteiger partial charge on any atom is -0.485 e. The fourth-order valence-corrected chi connectivity index (χ4v) is 0.888. The molecule has 0 N–H and O–H groups in total. The number of benzene rings is 1. The standard InChI is InChI=1S/C9H6ClF3O2/c10-6-1-3-7(4-2-6)15-5-8(14)9(11,12)13/h1-4H,5H2. The molecule has 0 aromatic heterocycles. The molecular weight excluding hydrogens is 233 g/mol. The van der Waals surface area contributed by atoms with Gasteiger partial charge in [-0.25, -0.2) is 0 Å². The van der Waals surface area contributed by atoms with E-state index >= 15 is 0 Å². The van der Waals surface area contributed by atoms with Crippen LogP contribution in [0.2, 0.25) is 5.02 Å². The molecule has 0 atom stereocenters. The maximum absolute atomic E-state index is 11.8. The van der Waals surface area contributed by atoms with Crippen molar-refractivity contribution in [3.63, 3.8) is 0 Å². The highest BCUT2D eigenvalue weighted by atomic mass is 35.5. The molecule has 6 heteroatoms. The van der Waals surface area contributed by atoms with Crippen molar-refractivity contribution in [2.24, 2.45) is 0 Å². The third kappa shape index (κ3) is 3.79. The molecular formula is C9H6ClF3O2. The smallest absolute Gasteiger partial charge is 0.453 e. The highest BCUT2D eigenvalue weighted by molar-refractivity contribution is 6.30. The van der Waals surface area contributed by atoms with Crippen LogP contribution in [0.5, 0.6) is 5.75 Å². The molecule has 1 aromatic carbocycles. The van der Waals surface area contributed by atoms with E-state index in [9.17, 15) is 18.0 Å². The molecule has 0 radical (unpaired) electrons. The van der Waals surface area contributed by atoms with Crippen LogP contribution >= 0.6 is 11.6 Å². The van der Waals surface area contributed by atoms with Crippen LogP contribution in [-0.2, 0) is 4.79 Å². The number of carbonyl (C=O) groups is 1. The second kappa shape index (κ2) is 4.53. The third-order valence-corrected chi connectivity index (χ3v) is 1.75. The molecule has 0 fully saturated rings. The van der Waals surface area contributed by atoms with E-state index in [2.05, 4.69) is 4.74 Å². The van der Waals surface area contributed by atoms with E-state index in [4.69, 9.17) is 11.6 Å². The molecule has 0 saturated heterocycles. The highest BCUT2D eigenvalue weighted by Crippen LogP contribution is 2.18. The minimum absolute atomic E-state index is 0.164. The van der Waals surface area contributed by atoms with Crippen molar-refractivity contribution < 1.29 is 22.7 Å². The maximum Gasteiger partial charge on any atom is 0.453 e. The Balaban J connectivity index is 2.51. The molecule has 0 heterocycles. The summed E-state index contributed by atoms with van der Waals surface area (Å²) in [6.07, 6.45) is -4.85. The van der Waals surface area contributed by atoms with Gasteiger partial charge in [0.25, 0.3) is 5.78 Å². The lowest BCUT2D eigenvalue weighted by atomic mass is 10.3. The predicted molar refractivity (Wildman–Crippen MR) is 48.0 cm³/mol. The molecule has 0 bridgehead atoms. The largest absolute Gasteiger partial charge is 0.485 e. The molecule has 0 amide bonds. The van der Waals surface area contributed by atoms with Crippen LogP contribution in [-0.4, -0.2) is 18.6 Å². The van der Waals surface area contributed by atoms with Crippen LogP contribution in [0.4, 0.5) is 13.2 Å². The zero-order chi connectivity index (χ0) is 11.5. The SMILES string of the molecule is O=C(COc1ccc(Cl)cc1)C(F)(F)F. The Hall–Kier alpha value is -1.23. The van der Waals surface area contributed by atoms with Crippen molar-refractivity contribution in [2.45, 2.75) is 6.18 Å². The molecule has 0 aliphatic heterocycles. The molecule has 0 saturated carbocycles. The molecule has 0 unspecified atom stereocenters. The summed E-state index contributed by atoms with van der Waals surface area (Å²) in [4.78, 5) is 10.4. The van der Waals surface area contributed by atoms with E-state index in [0.29, 0.717) is 5.02 Å². The number of rotatable bonds is 3. The maximum atomic E-state index is 11.8. The van der Waals surface area contributed by atoms with Gasteiger partial charge < -0.3 is 4.74 Å². The number of carbonyl (C=O) groups excluding carboxylic acids is 1. The van der Waals surface area contributed by atoms with Gasteiger partial charge in [0.2, 0.25) is 0 Å². The fraction of sp³-hybridized carbons (Fsp3) is 0.222.